The molecule has 0 aliphatic carbocycles. The molecule has 0 unspecified atom stereocenters. The van der Waals surface area contributed by atoms with Crippen molar-refractivity contribution in [3.8, 4) is 0 Å². The van der Waals surface area contributed by atoms with Gasteiger partial charge in [-0.2, -0.15) is 0 Å². The first-order valence-corrected chi connectivity index (χ1v) is 9.30. The Kier molecular flexibility index (Phi) is 3.00. The van der Waals surface area contributed by atoms with Crippen LogP contribution in [0.1, 0.15) is 5.56 Å². The number of rotatable bonds is 2. The molecule has 1 aromatic carbocycles. The van der Waals surface area contributed by atoms with Gasteiger partial charge in [0.05, 0.1) is 0 Å². The van der Waals surface area contributed by atoms with Gasteiger partial charge >= 0.3 is 67.0 Å². The average molecular weight is 194 g/mol. The van der Waals surface area contributed by atoms with Crippen molar-refractivity contribution < 1.29 is 0 Å². The molecule has 0 nitrogen and oxygen atoms in total. The molecule has 0 N–H and O–H groups in total. The zero-order valence-electron chi connectivity index (χ0n) is 6.59. The second kappa shape index (κ2) is 3.82. The second-order valence-corrected chi connectivity index (χ2v) is 8.68. The van der Waals surface area contributed by atoms with Gasteiger partial charge in [-0.05, 0) is 0 Å². The number of benzene rings is 1. The van der Waals surface area contributed by atoms with Gasteiger partial charge in [0.25, 0.3) is 0 Å². The molecule has 0 fully saturated rings. The predicted octanol–water partition coefficient (Wildman–Crippen LogP) is 2.52. The second-order valence-electron chi connectivity index (χ2n) is 2.87. The molecule has 53 valence electrons. The Balaban J connectivity index is 2.59. The van der Waals surface area contributed by atoms with E-state index in [4.69, 9.17) is 0 Å². The first-order chi connectivity index (χ1) is 4.79. The van der Waals surface area contributed by atoms with Crippen LogP contribution in [0.5, 0.6) is 0 Å². The summed E-state index contributed by atoms with van der Waals surface area (Å²) >= 11 is -0.630. The molecular formula is C9H13Ge. The summed E-state index contributed by atoms with van der Waals surface area (Å²) in [4.78, 5) is 0. The molecule has 0 aromatic heterocycles. The van der Waals surface area contributed by atoms with Gasteiger partial charge in [0, 0.05) is 0 Å². The molecule has 0 saturated carbocycles. The third-order valence-corrected chi connectivity index (χ3v) is 3.74. The Hall–Kier alpha value is -0.237. The third kappa shape index (κ3) is 2.57. The van der Waals surface area contributed by atoms with Gasteiger partial charge in [-0.3, -0.25) is 0 Å². The standard InChI is InChI=1S/C9H13Ge/c1-10(2)8-9-6-4-3-5-7-9/h3-7H,8H2,1-2H3. The van der Waals surface area contributed by atoms with Crippen LogP contribution in [-0.4, -0.2) is 14.3 Å². The van der Waals surface area contributed by atoms with Crippen LogP contribution in [0.3, 0.4) is 0 Å². The molecule has 0 aliphatic rings. The summed E-state index contributed by atoms with van der Waals surface area (Å²) in [6.07, 6.45) is 0. The zero-order valence-corrected chi connectivity index (χ0v) is 8.69. The van der Waals surface area contributed by atoms with Gasteiger partial charge in [-0.15, -0.1) is 0 Å². The molecule has 0 atom stereocenters. The average Bonchev–Trinajstić information content (AvgIpc) is 1.88. The Morgan fingerprint density at radius 3 is 2.20 bits per heavy atom. The maximum absolute atomic E-state index is 2.41. The summed E-state index contributed by atoms with van der Waals surface area (Å²) < 4.78 is 0. The van der Waals surface area contributed by atoms with E-state index in [9.17, 15) is 0 Å². The van der Waals surface area contributed by atoms with Crippen molar-refractivity contribution in [2.75, 3.05) is 0 Å². The van der Waals surface area contributed by atoms with Crippen molar-refractivity contribution in [3.05, 3.63) is 35.9 Å². The monoisotopic (exact) mass is 195 g/mol. The van der Waals surface area contributed by atoms with Crippen molar-refractivity contribution in [1.29, 1.82) is 0 Å². The van der Waals surface area contributed by atoms with Crippen LogP contribution in [-0.2, 0) is 5.25 Å². The van der Waals surface area contributed by atoms with E-state index in [-0.39, 0.29) is 0 Å². The molecule has 1 aromatic rings. The topological polar surface area (TPSA) is 0 Å². The van der Waals surface area contributed by atoms with E-state index in [1.807, 2.05) is 0 Å². The van der Waals surface area contributed by atoms with Crippen LogP contribution in [0.15, 0.2) is 30.3 Å². The number of hydrogen-bond donors (Lipinski definition) is 0. The molecule has 0 aliphatic heterocycles. The van der Waals surface area contributed by atoms with Gasteiger partial charge in [0.1, 0.15) is 0 Å². The SMILES string of the molecule is [CH3][Ge]([CH3])[CH2]c1ccccc1. The van der Waals surface area contributed by atoms with Gasteiger partial charge in [0.15, 0.2) is 0 Å². The molecule has 0 bridgehead atoms. The Bertz CT molecular complexity index is 179. The van der Waals surface area contributed by atoms with E-state index in [1.54, 1.807) is 0 Å². The van der Waals surface area contributed by atoms with E-state index in [0.717, 1.165) is 0 Å². The maximum atomic E-state index is 2.41. The predicted molar refractivity (Wildman–Crippen MR) is 47.6 cm³/mol. The van der Waals surface area contributed by atoms with Crippen LogP contribution < -0.4 is 0 Å². The van der Waals surface area contributed by atoms with Crippen LogP contribution in [0.2, 0.25) is 11.5 Å². The van der Waals surface area contributed by atoms with Crippen molar-refractivity contribution in [1.82, 2.24) is 0 Å². The first kappa shape index (κ1) is 7.87. The van der Waals surface area contributed by atoms with Crippen LogP contribution in [0.4, 0.5) is 0 Å². The van der Waals surface area contributed by atoms with Crippen LogP contribution in [0, 0.1) is 0 Å². The summed E-state index contributed by atoms with van der Waals surface area (Å²) in [5.41, 5.74) is 1.52. The third-order valence-electron chi connectivity index (χ3n) is 1.40. The Labute approximate surface area is 67.4 Å². The molecule has 0 saturated heterocycles. The molecule has 1 rings (SSSR count). The Morgan fingerprint density at radius 2 is 1.70 bits per heavy atom. The van der Waals surface area contributed by atoms with E-state index in [1.165, 1.54) is 10.8 Å². The van der Waals surface area contributed by atoms with Crippen molar-refractivity contribution in [2.24, 2.45) is 0 Å². The molecule has 1 radical (unpaired) electrons. The summed E-state index contributed by atoms with van der Waals surface area (Å²) in [7, 11) is 0. The van der Waals surface area contributed by atoms with Gasteiger partial charge in [0.2, 0.25) is 0 Å². The van der Waals surface area contributed by atoms with Crippen molar-refractivity contribution >= 4 is 14.3 Å². The minimum absolute atomic E-state index is 0.630. The molecule has 1 heteroatoms. The van der Waals surface area contributed by atoms with E-state index in [2.05, 4.69) is 41.8 Å². The van der Waals surface area contributed by atoms with Crippen LogP contribution in [0.25, 0.3) is 0 Å². The summed E-state index contributed by atoms with van der Waals surface area (Å²) in [6.45, 7) is 0. The quantitative estimate of drug-likeness (QED) is 0.634. The molecule has 10 heavy (non-hydrogen) atoms. The number of hydrogen-bond acceptors (Lipinski definition) is 0. The minimum atomic E-state index is -0.630. The van der Waals surface area contributed by atoms with Gasteiger partial charge in [-0.1, -0.05) is 0 Å². The molecular weight excluding hydrogens is 181 g/mol. The van der Waals surface area contributed by atoms with Gasteiger partial charge < -0.3 is 0 Å². The normalized spacial score (nSPS) is 10.3. The fourth-order valence-electron chi connectivity index (χ4n) is 1.00. The first-order valence-electron chi connectivity index (χ1n) is 3.62. The summed E-state index contributed by atoms with van der Waals surface area (Å²) in [5.74, 6) is 4.82. The van der Waals surface area contributed by atoms with Crippen molar-refractivity contribution in [2.45, 2.75) is 16.8 Å². The van der Waals surface area contributed by atoms with E-state index < -0.39 is 14.3 Å². The zero-order chi connectivity index (χ0) is 7.40. The summed E-state index contributed by atoms with van der Waals surface area (Å²) in [5, 5.41) is 1.36. The van der Waals surface area contributed by atoms with Gasteiger partial charge in [-0.25, -0.2) is 0 Å². The van der Waals surface area contributed by atoms with E-state index in [0.29, 0.717) is 0 Å². The Morgan fingerprint density at radius 1 is 1.10 bits per heavy atom. The van der Waals surface area contributed by atoms with Crippen molar-refractivity contribution in [3.63, 3.8) is 0 Å². The summed E-state index contributed by atoms with van der Waals surface area (Å²) in [6, 6.07) is 10.8. The molecule has 0 heterocycles. The van der Waals surface area contributed by atoms with E-state index >= 15 is 0 Å². The van der Waals surface area contributed by atoms with Crippen LogP contribution >= 0.6 is 0 Å². The fraction of sp³-hybridized carbons (Fsp3) is 0.333. The molecule has 0 spiro atoms. The fourth-order valence-corrected chi connectivity index (χ4v) is 3.21. The molecule has 0 amide bonds.